The first kappa shape index (κ1) is 13.2. The molecule has 0 bridgehead atoms. The van der Waals surface area contributed by atoms with Gasteiger partial charge in [-0.25, -0.2) is 0 Å². The number of hydrogen-bond acceptors (Lipinski definition) is 7. The lowest BCUT2D eigenvalue weighted by Crippen LogP contribution is -2.27. The van der Waals surface area contributed by atoms with Crippen molar-refractivity contribution >= 4 is 5.88 Å². The number of hydrogen-bond donors (Lipinski definition) is 1. The Morgan fingerprint density at radius 3 is 2.63 bits per heavy atom. The maximum absolute atomic E-state index is 10.5. The summed E-state index contributed by atoms with van der Waals surface area (Å²) in [5.41, 5.74) is 5.77. The molecule has 0 saturated heterocycles. The first-order valence-electron chi connectivity index (χ1n) is 5.63. The first-order chi connectivity index (χ1) is 8.79. The normalized spacial score (nSPS) is 13.5. The van der Waals surface area contributed by atoms with Gasteiger partial charge >= 0.3 is 5.88 Å². The summed E-state index contributed by atoms with van der Waals surface area (Å²) >= 11 is 0. The van der Waals surface area contributed by atoms with Gasteiger partial charge in [-0.05, 0) is 11.5 Å². The van der Waals surface area contributed by atoms with Crippen LogP contribution in [-0.4, -0.2) is 15.1 Å². The SMILES string of the molecule is CC(C)(C)C(N)c1noc(-c2ccc([N+](=O)[O-])o2)n1. The standard InChI is InChI=1S/C11H14N4O4/c1-11(2,3)8(12)9-13-10(19-14-9)6-4-5-7(18-6)15(16)17/h4-5,8H,12H2,1-3H3. The van der Waals surface area contributed by atoms with Gasteiger partial charge in [0, 0.05) is 0 Å². The molecule has 0 spiro atoms. The van der Waals surface area contributed by atoms with Crippen molar-refractivity contribution in [3.8, 4) is 11.7 Å². The maximum Gasteiger partial charge on any atom is 0.433 e. The van der Waals surface area contributed by atoms with Crippen LogP contribution in [0.1, 0.15) is 32.6 Å². The highest BCUT2D eigenvalue weighted by molar-refractivity contribution is 5.46. The highest BCUT2D eigenvalue weighted by Gasteiger charge is 2.28. The van der Waals surface area contributed by atoms with Gasteiger partial charge in [0.2, 0.25) is 0 Å². The predicted molar refractivity (Wildman–Crippen MR) is 65.0 cm³/mol. The van der Waals surface area contributed by atoms with E-state index in [-0.39, 0.29) is 23.0 Å². The van der Waals surface area contributed by atoms with Gasteiger partial charge in [0.1, 0.15) is 4.92 Å². The second-order valence-electron chi connectivity index (χ2n) is 5.20. The van der Waals surface area contributed by atoms with Gasteiger partial charge in [0.15, 0.2) is 11.6 Å². The molecule has 8 heteroatoms. The fourth-order valence-electron chi connectivity index (χ4n) is 1.39. The van der Waals surface area contributed by atoms with Crippen molar-refractivity contribution in [2.45, 2.75) is 26.8 Å². The summed E-state index contributed by atoms with van der Waals surface area (Å²) < 4.78 is 9.98. The summed E-state index contributed by atoms with van der Waals surface area (Å²) in [6.07, 6.45) is 0. The minimum absolute atomic E-state index is 0.0720. The number of nitrogens with zero attached hydrogens (tertiary/aromatic N) is 3. The van der Waals surface area contributed by atoms with E-state index < -0.39 is 11.0 Å². The molecular formula is C11H14N4O4. The second kappa shape index (κ2) is 4.47. The van der Waals surface area contributed by atoms with Crippen LogP contribution in [0.2, 0.25) is 0 Å². The Bertz CT molecular complexity index is 596. The van der Waals surface area contributed by atoms with Crippen molar-refractivity contribution in [3.05, 3.63) is 28.1 Å². The third-order valence-corrected chi connectivity index (χ3v) is 2.64. The summed E-state index contributed by atoms with van der Waals surface area (Å²) in [6.45, 7) is 5.85. The summed E-state index contributed by atoms with van der Waals surface area (Å²) in [5, 5.41) is 14.3. The summed E-state index contributed by atoms with van der Waals surface area (Å²) in [7, 11) is 0. The lowest BCUT2D eigenvalue weighted by atomic mass is 9.87. The fourth-order valence-corrected chi connectivity index (χ4v) is 1.39. The molecule has 0 aliphatic carbocycles. The third kappa shape index (κ3) is 2.63. The lowest BCUT2D eigenvalue weighted by Gasteiger charge is -2.23. The van der Waals surface area contributed by atoms with Crippen LogP contribution < -0.4 is 5.73 Å². The van der Waals surface area contributed by atoms with Crippen molar-refractivity contribution in [1.29, 1.82) is 0 Å². The highest BCUT2D eigenvalue weighted by Crippen LogP contribution is 2.31. The van der Waals surface area contributed by atoms with Crippen LogP contribution in [0, 0.1) is 15.5 Å². The van der Waals surface area contributed by atoms with Gasteiger partial charge in [0.25, 0.3) is 5.89 Å². The van der Waals surface area contributed by atoms with Gasteiger partial charge in [-0.2, -0.15) is 4.98 Å². The molecule has 2 N–H and O–H groups in total. The summed E-state index contributed by atoms with van der Waals surface area (Å²) in [4.78, 5) is 14.0. The van der Waals surface area contributed by atoms with E-state index >= 15 is 0 Å². The molecule has 102 valence electrons. The zero-order chi connectivity index (χ0) is 14.2. The van der Waals surface area contributed by atoms with E-state index in [1.807, 2.05) is 20.8 Å². The minimum atomic E-state index is -0.637. The van der Waals surface area contributed by atoms with Gasteiger partial charge in [-0.15, -0.1) is 0 Å². The lowest BCUT2D eigenvalue weighted by molar-refractivity contribution is -0.401. The zero-order valence-corrected chi connectivity index (χ0v) is 10.8. The molecule has 19 heavy (non-hydrogen) atoms. The van der Waals surface area contributed by atoms with E-state index in [2.05, 4.69) is 10.1 Å². The number of nitrogens with two attached hydrogens (primary N) is 1. The monoisotopic (exact) mass is 266 g/mol. The first-order valence-corrected chi connectivity index (χ1v) is 5.63. The van der Waals surface area contributed by atoms with E-state index in [0.29, 0.717) is 5.82 Å². The van der Waals surface area contributed by atoms with E-state index in [1.165, 1.54) is 12.1 Å². The smallest absolute Gasteiger partial charge is 0.395 e. The number of nitro groups is 1. The maximum atomic E-state index is 10.5. The molecule has 2 aromatic rings. The largest absolute Gasteiger partial charge is 0.433 e. The van der Waals surface area contributed by atoms with Crippen LogP contribution in [0.25, 0.3) is 11.7 Å². The molecule has 2 aromatic heterocycles. The fraction of sp³-hybridized carbons (Fsp3) is 0.455. The average Bonchev–Trinajstić information content (AvgIpc) is 2.95. The molecule has 0 aliphatic rings. The zero-order valence-electron chi connectivity index (χ0n) is 10.8. The Kier molecular flexibility index (Phi) is 3.11. The Morgan fingerprint density at radius 2 is 2.11 bits per heavy atom. The molecular weight excluding hydrogens is 252 g/mol. The quantitative estimate of drug-likeness (QED) is 0.667. The van der Waals surface area contributed by atoms with Crippen molar-refractivity contribution in [2.24, 2.45) is 11.1 Å². The molecule has 0 fully saturated rings. The van der Waals surface area contributed by atoms with Gasteiger partial charge in [-0.3, -0.25) is 10.1 Å². The van der Waals surface area contributed by atoms with Crippen LogP contribution in [-0.2, 0) is 0 Å². The van der Waals surface area contributed by atoms with E-state index in [0.717, 1.165) is 0 Å². The van der Waals surface area contributed by atoms with Crippen LogP contribution in [0.4, 0.5) is 5.88 Å². The van der Waals surface area contributed by atoms with Crippen molar-refractivity contribution < 1.29 is 13.9 Å². The van der Waals surface area contributed by atoms with Crippen LogP contribution >= 0.6 is 0 Å². The van der Waals surface area contributed by atoms with Crippen molar-refractivity contribution in [2.75, 3.05) is 0 Å². The molecule has 2 rings (SSSR count). The predicted octanol–water partition coefficient (Wildman–Crippen LogP) is 2.28. The molecule has 0 saturated carbocycles. The van der Waals surface area contributed by atoms with Crippen LogP contribution in [0.15, 0.2) is 21.1 Å². The van der Waals surface area contributed by atoms with Crippen LogP contribution in [0.3, 0.4) is 0 Å². The third-order valence-electron chi connectivity index (χ3n) is 2.64. The van der Waals surface area contributed by atoms with Gasteiger partial charge in [-0.1, -0.05) is 25.9 Å². The molecule has 8 nitrogen and oxygen atoms in total. The second-order valence-corrected chi connectivity index (χ2v) is 5.20. The topological polar surface area (TPSA) is 121 Å². The Balaban J connectivity index is 2.28. The Morgan fingerprint density at radius 1 is 1.42 bits per heavy atom. The molecule has 0 radical (unpaired) electrons. The number of furan rings is 1. The van der Waals surface area contributed by atoms with Gasteiger partial charge < -0.3 is 14.7 Å². The Hall–Kier alpha value is -2.22. The molecule has 0 aliphatic heterocycles. The Labute approximate surface area is 108 Å². The summed E-state index contributed by atoms with van der Waals surface area (Å²) in [6, 6.07) is 2.22. The molecule has 2 heterocycles. The van der Waals surface area contributed by atoms with Crippen molar-refractivity contribution in [1.82, 2.24) is 10.1 Å². The molecule has 0 amide bonds. The molecule has 1 atom stereocenters. The highest BCUT2D eigenvalue weighted by atomic mass is 16.6. The molecule has 1 unspecified atom stereocenters. The molecule has 0 aromatic carbocycles. The van der Waals surface area contributed by atoms with E-state index in [4.69, 9.17) is 14.7 Å². The van der Waals surface area contributed by atoms with Crippen molar-refractivity contribution in [3.63, 3.8) is 0 Å². The van der Waals surface area contributed by atoms with E-state index in [1.54, 1.807) is 0 Å². The van der Waals surface area contributed by atoms with Gasteiger partial charge in [0.05, 0.1) is 12.1 Å². The van der Waals surface area contributed by atoms with E-state index in [9.17, 15) is 10.1 Å². The summed E-state index contributed by atoms with van der Waals surface area (Å²) in [5.74, 6) is 0.172. The number of aromatic nitrogens is 2. The number of rotatable bonds is 3. The van der Waals surface area contributed by atoms with Crippen LogP contribution in [0.5, 0.6) is 0 Å². The average molecular weight is 266 g/mol. The minimum Gasteiger partial charge on any atom is -0.395 e.